The minimum atomic E-state index is -0.259. The lowest BCUT2D eigenvalue weighted by atomic mass is 10.1. The van der Waals surface area contributed by atoms with Gasteiger partial charge in [-0.1, -0.05) is 29.8 Å². The fraction of sp³-hybridized carbons (Fsp3) is 0.100. The number of halogens is 1. The summed E-state index contributed by atoms with van der Waals surface area (Å²) in [5.41, 5.74) is 3.04. The molecule has 2 aliphatic heterocycles. The van der Waals surface area contributed by atoms with Crippen LogP contribution >= 0.6 is 11.6 Å². The van der Waals surface area contributed by atoms with Crippen LogP contribution in [0, 0.1) is 0 Å². The molecule has 2 amide bonds. The number of carbonyl (C=O) groups is 2. The lowest BCUT2D eigenvalue weighted by Gasteiger charge is -2.28. The van der Waals surface area contributed by atoms with Crippen LogP contribution in [0.3, 0.4) is 0 Å². The number of amides is 2. The fourth-order valence-electron chi connectivity index (χ4n) is 2.96. The summed E-state index contributed by atoms with van der Waals surface area (Å²) < 4.78 is 5.67. The maximum Gasteiger partial charge on any atom is 0.251 e. The first-order chi connectivity index (χ1) is 12.6. The van der Waals surface area contributed by atoms with E-state index in [0.29, 0.717) is 23.0 Å². The molecule has 0 saturated carbocycles. The number of nitrogens with zero attached hydrogens (tertiary/aromatic N) is 1. The second kappa shape index (κ2) is 6.69. The van der Waals surface area contributed by atoms with Crippen LogP contribution in [0.5, 0.6) is 5.75 Å². The van der Waals surface area contributed by atoms with Gasteiger partial charge in [-0.05, 0) is 42.0 Å². The number of hydrogen-bond acceptors (Lipinski definition) is 3. The van der Waals surface area contributed by atoms with Crippen molar-refractivity contribution in [3.8, 4) is 5.75 Å². The van der Waals surface area contributed by atoms with Gasteiger partial charge in [0.05, 0.1) is 11.4 Å². The minimum Gasteiger partial charge on any atom is -0.488 e. The van der Waals surface area contributed by atoms with E-state index in [0.717, 1.165) is 16.9 Å². The van der Waals surface area contributed by atoms with Crippen LogP contribution in [0.4, 0.5) is 11.4 Å². The molecule has 0 fully saturated rings. The Labute approximate surface area is 155 Å². The Balaban J connectivity index is 1.56. The van der Waals surface area contributed by atoms with Crippen molar-refractivity contribution in [1.29, 1.82) is 0 Å². The molecule has 2 aromatic carbocycles. The predicted molar refractivity (Wildman–Crippen MR) is 101 cm³/mol. The van der Waals surface area contributed by atoms with E-state index in [4.69, 9.17) is 16.3 Å². The van der Waals surface area contributed by atoms with Crippen LogP contribution in [-0.4, -0.2) is 25.0 Å². The van der Waals surface area contributed by atoms with Gasteiger partial charge in [-0.2, -0.15) is 0 Å². The van der Waals surface area contributed by atoms with Crippen molar-refractivity contribution in [1.82, 2.24) is 0 Å². The predicted octanol–water partition coefficient (Wildman–Crippen LogP) is 3.66. The third kappa shape index (κ3) is 3.21. The number of carbonyl (C=O) groups excluding carboxylic acids is 2. The zero-order valence-electron chi connectivity index (χ0n) is 13.7. The first-order valence-corrected chi connectivity index (χ1v) is 8.49. The fourth-order valence-corrected chi connectivity index (χ4v) is 3.14. The number of rotatable bonds is 2. The van der Waals surface area contributed by atoms with E-state index in [1.165, 1.54) is 11.0 Å². The van der Waals surface area contributed by atoms with Crippen molar-refractivity contribution in [3.05, 3.63) is 70.8 Å². The molecule has 0 radical (unpaired) electrons. The van der Waals surface area contributed by atoms with Crippen molar-refractivity contribution in [2.45, 2.75) is 0 Å². The molecule has 2 aliphatic rings. The maximum absolute atomic E-state index is 12.6. The van der Waals surface area contributed by atoms with Crippen LogP contribution in [0.2, 0.25) is 5.02 Å². The highest BCUT2D eigenvalue weighted by Crippen LogP contribution is 2.30. The van der Waals surface area contributed by atoms with Gasteiger partial charge in [0.25, 0.3) is 5.91 Å². The van der Waals surface area contributed by atoms with Crippen LogP contribution in [0.25, 0.3) is 6.08 Å². The van der Waals surface area contributed by atoms with Gasteiger partial charge in [-0.25, -0.2) is 0 Å². The van der Waals surface area contributed by atoms with Gasteiger partial charge < -0.3 is 10.1 Å². The summed E-state index contributed by atoms with van der Waals surface area (Å²) in [7, 11) is 0. The molecule has 2 heterocycles. The number of benzene rings is 2. The van der Waals surface area contributed by atoms with Gasteiger partial charge in [-0.3, -0.25) is 14.5 Å². The number of ether oxygens (including phenoxy) is 1. The highest BCUT2D eigenvalue weighted by Gasteiger charge is 2.25. The van der Waals surface area contributed by atoms with E-state index < -0.39 is 0 Å². The molecule has 6 heteroatoms. The van der Waals surface area contributed by atoms with E-state index in [1.54, 1.807) is 18.2 Å². The molecule has 0 aromatic heterocycles. The third-order valence-electron chi connectivity index (χ3n) is 4.18. The largest absolute Gasteiger partial charge is 0.488 e. The Hall–Kier alpha value is -3.05. The van der Waals surface area contributed by atoms with Gasteiger partial charge in [0.2, 0.25) is 5.91 Å². The molecule has 26 heavy (non-hydrogen) atoms. The number of nitrogens with one attached hydrogen (secondary N) is 1. The Morgan fingerprint density at radius 2 is 2.08 bits per heavy atom. The van der Waals surface area contributed by atoms with Gasteiger partial charge in [-0.15, -0.1) is 0 Å². The van der Waals surface area contributed by atoms with E-state index in [2.05, 4.69) is 5.32 Å². The smallest absolute Gasteiger partial charge is 0.251 e. The molecule has 0 spiro atoms. The van der Waals surface area contributed by atoms with Crippen molar-refractivity contribution >= 4 is 40.9 Å². The number of hydrogen-bond donors (Lipinski definition) is 1. The third-order valence-corrected chi connectivity index (χ3v) is 4.42. The molecule has 130 valence electrons. The number of para-hydroxylation sites is 2. The Morgan fingerprint density at radius 1 is 1.23 bits per heavy atom. The van der Waals surface area contributed by atoms with Crippen molar-refractivity contribution < 1.29 is 14.3 Å². The first-order valence-electron chi connectivity index (χ1n) is 8.11. The van der Waals surface area contributed by atoms with Crippen molar-refractivity contribution in [2.75, 3.05) is 23.4 Å². The first kappa shape index (κ1) is 16.4. The minimum absolute atomic E-state index is 0.00578. The molecule has 5 nitrogen and oxygen atoms in total. The normalized spacial score (nSPS) is 15.7. The molecule has 0 bridgehead atoms. The number of fused-ring (bicyclic) bond motifs is 2. The van der Waals surface area contributed by atoms with E-state index in [1.807, 2.05) is 36.4 Å². The zero-order chi connectivity index (χ0) is 18.1. The topological polar surface area (TPSA) is 58.6 Å². The summed E-state index contributed by atoms with van der Waals surface area (Å²) in [5.74, 6) is 0.291. The Morgan fingerprint density at radius 3 is 2.96 bits per heavy atom. The lowest BCUT2D eigenvalue weighted by molar-refractivity contribution is -0.119. The van der Waals surface area contributed by atoms with Gasteiger partial charge in [0.1, 0.15) is 18.9 Å². The molecule has 0 unspecified atom stereocenters. The monoisotopic (exact) mass is 366 g/mol. The average Bonchev–Trinajstić information content (AvgIpc) is 2.65. The second-order valence-electron chi connectivity index (χ2n) is 6.01. The maximum atomic E-state index is 12.6. The summed E-state index contributed by atoms with van der Waals surface area (Å²) in [6, 6.07) is 12.6. The van der Waals surface area contributed by atoms with Crippen molar-refractivity contribution in [2.24, 2.45) is 0 Å². The highest BCUT2D eigenvalue weighted by atomic mass is 35.5. The lowest BCUT2D eigenvalue weighted by Crippen LogP contribution is -2.41. The SMILES string of the molecule is O=C1CN(C(=O)/C=C\C2=Cc3cc(Cl)ccc3OC2)c2ccccc2N1. The molecule has 2 aromatic rings. The molecular formula is C20H15ClN2O3. The summed E-state index contributed by atoms with van der Waals surface area (Å²) >= 11 is 6.01. The highest BCUT2D eigenvalue weighted by molar-refractivity contribution is 6.30. The molecular weight excluding hydrogens is 352 g/mol. The zero-order valence-corrected chi connectivity index (χ0v) is 14.5. The van der Waals surface area contributed by atoms with Crippen LogP contribution in [0.15, 0.2) is 60.2 Å². The number of anilines is 2. The van der Waals surface area contributed by atoms with Gasteiger partial charge >= 0.3 is 0 Å². The van der Waals surface area contributed by atoms with E-state index >= 15 is 0 Å². The quantitative estimate of drug-likeness (QED) is 0.825. The van der Waals surface area contributed by atoms with E-state index in [-0.39, 0.29) is 18.4 Å². The molecule has 0 atom stereocenters. The summed E-state index contributed by atoms with van der Waals surface area (Å²) in [5, 5.41) is 3.39. The van der Waals surface area contributed by atoms with E-state index in [9.17, 15) is 9.59 Å². The molecule has 0 aliphatic carbocycles. The summed E-state index contributed by atoms with van der Waals surface area (Å²) in [4.78, 5) is 25.9. The van der Waals surface area contributed by atoms with Crippen molar-refractivity contribution in [3.63, 3.8) is 0 Å². The van der Waals surface area contributed by atoms with Crippen LogP contribution in [0.1, 0.15) is 5.56 Å². The molecule has 1 N–H and O–H groups in total. The molecule has 0 saturated heterocycles. The van der Waals surface area contributed by atoms with Gasteiger partial charge in [0.15, 0.2) is 0 Å². The standard InChI is InChI=1S/C20H15ClN2O3/c21-15-6-7-18-14(10-15)9-13(12-26-18)5-8-20(25)23-11-19(24)22-16-3-1-2-4-17(16)23/h1-10H,11-12H2,(H,22,24)/b8-5-. The summed E-state index contributed by atoms with van der Waals surface area (Å²) in [6.45, 7) is 0.365. The molecule has 4 rings (SSSR count). The average molecular weight is 367 g/mol. The Kier molecular flexibility index (Phi) is 4.22. The van der Waals surface area contributed by atoms with Crippen LogP contribution < -0.4 is 15.0 Å². The Bertz CT molecular complexity index is 965. The summed E-state index contributed by atoms with van der Waals surface area (Å²) in [6.07, 6.45) is 5.10. The van der Waals surface area contributed by atoms with Crippen LogP contribution in [-0.2, 0) is 9.59 Å². The van der Waals surface area contributed by atoms with Gasteiger partial charge in [0, 0.05) is 16.7 Å². The second-order valence-corrected chi connectivity index (χ2v) is 6.45.